The van der Waals surface area contributed by atoms with Gasteiger partial charge in [0.05, 0.1) is 12.1 Å². The number of aromatic amines is 1. The average Bonchev–Trinajstić information content (AvgIpc) is 3.28. The number of aromatic nitrogens is 1. The number of rotatable bonds is 4. The van der Waals surface area contributed by atoms with Gasteiger partial charge in [-0.1, -0.05) is 30.3 Å². The molecule has 0 saturated carbocycles. The topological polar surface area (TPSA) is 45.3 Å². The molecule has 1 saturated heterocycles. The maximum absolute atomic E-state index is 13.1. The van der Waals surface area contributed by atoms with E-state index in [9.17, 15) is 4.79 Å². The van der Waals surface area contributed by atoms with Crippen LogP contribution in [0, 0.1) is 0 Å². The molecule has 0 radical (unpaired) electrons. The normalized spacial score (nSPS) is 20.3. The van der Waals surface area contributed by atoms with E-state index in [4.69, 9.17) is 4.74 Å². The van der Waals surface area contributed by atoms with Gasteiger partial charge in [-0.15, -0.1) is 0 Å². The third-order valence-corrected chi connectivity index (χ3v) is 5.14. The zero-order chi connectivity index (χ0) is 17.2. The van der Waals surface area contributed by atoms with Crippen molar-refractivity contribution in [3.05, 3.63) is 71.9 Å². The number of benzene rings is 2. The zero-order valence-corrected chi connectivity index (χ0v) is 14.3. The molecular weight excluding hydrogens is 312 g/mol. The highest BCUT2D eigenvalue weighted by molar-refractivity contribution is 5.98. The van der Waals surface area contributed by atoms with Gasteiger partial charge in [-0.3, -0.25) is 4.79 Å². The van der Waals surface area contributed by atoms with Crippen LogP contribution in [0.1, 0.15) is 22.3 Å². The van der Waals surface area contributed by atoms with Gasteiger partial charge in [0.1, 0.15) is 0 Å². The smallest absolute Gasteiger partial charge is 0.254 e. The second kappa shape index (κ2) is 6.73. The maximum Gasteiger partial charge on any atom is 0.254 e. The van der Waals surface area contributed by atoms with Gasteiger partial charge in [0.25, 0.3) is 5.91 Å². The Morgan fingerprint density at radius 3 is 2.84 bits per heavy atom. The van der Waals surface area contributed by atoms with E-state index < -0.39 is 0 Å². The van der Waals surface area contributed by atoms with Gasteiger partial charge < -0.3 is 14.6 Å². The second-order valence-electron chi connectivity index (χ2n) is 6.60. The summed E-state index contributed by atoms with van der Waals surface area (Å²) in [7, 11) is 1.74. The van der Waals surface area contributed by atoms with Crippen molar-refractivity contribution in [1.82, 2.24) is 9.88 Å². The summed E-state index contributed by atoms with van der Waals surface area (Å²) in [6.07, 6.45) is 3.68. The molecule has 1 aliphatic heterocycles. The number of methoxy groups -OCH3 is 1. The van der Waals surface area contributed by atoms with Gasteiger partial charge in [-0.2, -0.15) is 0 Å². The molecule has 1 aliphatic rings. The van der Waals surface area contributed by atoms with Crippen molar-refractivity contribution in [2.24, 2.45) is 0 Å². The van der Waals surface area contributed by atoms with Crippen molar-refractivity contribution in [2.45, 2.75) is 25.0 Å². The SMILES string of the molecule is CO[C@@H]1CCN(C(=O)c2ccc3[nH]ccc3c2)[C@H]1Cc1ccccc1. The summed E-state index contributed by atoms with van der Waals surface area (Å²) in [5, 5.41) is 1.06. The van der Waals surface area contributed by atoms with E-state index in [0.717, 1.165) is 35.9 Å². The predicted octanol–water partition coefficient (Wildman–Crippen LogP) is 3.64. The number of fused-ring (bicyclic) bond motifs is 1. The lowest BCUT2D eigenvalue weighted by molar-refractivity contribution is 0.0508. The number of carbonyl (C=O) groups excluding carboxylic acids is 1. The Hall–Kier alpha value is -2.59. The fourth-order valence-electron chi connectivity index (χ4n) is 3.80. The number of likely N-dealkylation sites (tertiary alicyclic amines) is 1. The minimum absolute atomic E-state index is 0.0711. The molecule has 2 atom stereocenters. The molecule has 2 aromatic carbocycles. The van der Waals surface area contributed by atoms with Crippen LogP contribution in [0.3, 0.4) is 0 Å². The quantitative estimate of drug-likeness (QED) is 0.792. The van der Waals surface area contributed by atoms with Gasteiger partial charge in [-0.25, -0.2) is 0 Å². The van der Waals surface area contributed by atoms with E-state index in [2.05, 4.69) is 17.1 Å². The van der Waals surface area contributed by atoms with Crippen LogP contribution in [0.2, 0.25) is 0 Å². The van der Waals surface area contributed by atoms with Crippen LogP contribution < -0.4 is 0 Å². The maximum atomic E-state index is 13.1. The summed E-state index contributed by atoms with van der Waals surface area (Å²) in [4.78, 5) is 18.3. The van der Waals surface area contributed by atoms with E-state index in [0.29, 0.717) is 0 Å². The molecule has 2 heterocycles. The molecule has 1 amide bonds. The molecule has 128 valence electrons. The standard InChI is InChI=1S/C21H22N2O2/c1-25-20-10-12-23(19(20)13-15-5-3-2-4-6-15)21(24)17-7-8-18-16(14-17)9-11-22-18/h2-9,11,14,19-20,22H,10,12-13H2,1H3/t19-,20+/m0/s1. The number of amides is 1. The average molecular weight is 334 g/mol. The van der Waals surface area contributed by atoms with Crippen LogP contribution in [-0.4, -0.2) is 41.6 Å². The van der Waals surface area contributed by atoms with Crippen molar-refractivity contribution in [1.29, 1.82) is 0 Å². The van der Waals surface area contributed by atoms with Gasteiger partial charge in [0, 0.05) is 36.3 Å². The molecule has 0 aliphatic carbocycles. The Labute approximate surface area is 147 Å². The minimum atomic E-state index is 0.0711. The first kappa shape index (κ1) is 15.9. The Balaban J connectivity index is 1.61. The number of carbonyl (C=O) groups is 1. The summed E-state index contributed by atoms with van der Waals surface area (Å²) in [5.74, 6) is 0.0866. The highest BCUT2D eigenvalue weighted by atomic mass is 16.5. The number of H-pyrrole nitrogens is 1. The lowest BCUT2D eigenvalue weighted by Gasteiger charge is -2.28. The molecule has 0 unspecified atom stereocenters. The molecule has 0 spiro atoms. The first-order valence-corrected chi connectivity index (χ1v) is 8.71. The Morgan fingerprint density at radius 1 is 1.20 bits per heavy atom. The van der Waals surface area contributed by atoms with Crippen molar-refractivity contribution < 1.29 is 9.53 Å². The number of hydrogen-bond acceptors (Lipinski definition) is 2. The van der Waals surface area contributed by atoms with Crippen molar-refractivity contribution in [3.63, 3.8) is 0 Å². The van der Waals surface area contributed by atoms with Gasteiger partial charge in [0.2, 0.25) is 0 Å². The summed E-state index contributed by atoms with van der Waals surface area (Å²) >= 11 is 0. The number of nitrogens with zero attached hydrogens (tertiary/aromatic N) is 1. The van der Waals surface area contributed by atoms with Crippen molar-refractivity contribution in [2.75, 3.05) is 13.7 Å². The van der Waals surface area contributed by atoms with Gasteiger partial charge in [0.15, 0.2) is 0 Å². The fraction of sp³-hybridized carbons (Fsp3) is 0.286. The molecular formula is C21H22N2O2. The van der Waals surface area contributed by atoms with Crippen LogP contribution in [0.15, 0.2) is 60.8 Å². The molecule has 4 heteroatoms. The van der Waals surface area contributed by atoms with E-state index in [1.165, 1.54) is 5.56 Å². The second-order valence-corrected chi connectivity index (χ2v) is 6.60. The fourth-order valence-corrected chi connectivity index (χ4v) is 3.80. The molecule has 3 aromatic rings. The highest BCUT2D eigenvalue weighted by Gasteiger charge is 2.37. The van der Waals surface area contributed by atoms with E-state index in [1.807, 2.05) is 53.6 Å². The Bertz CT molecular complexity index is 872. The third kappa shape index (κ3) is 3.05. The third-order valence-electron chi connectivity index (χ3n) is 5.14. The molecule has 25 heavy (non-hydrogen) atoms. The summed E-state index contributed by atoms with van der Waals surface area (Å²) in [6.45, 7) is 0.736. The largest absolute Gasteiger partial charge is 0.379 e. The molecule has 1 aromatic heterocycles. The highest BCUT2D eigenvalue weighted by Crippen LogP contribution is 2.26. The van der Waals surface area contributed by atoms with E-state index in [1.54, 1.807) is 7.11 Å². The minimum Gasteiger partial charge on any atom is -0.379 e. The molecule has 4 rings (SSSR count). The van der Waals surface area contributed by atoms with Crippen LogP contribution in [-0.2, 0) is 11.2 Å². The first-order valence-electron chi connectivity index (χ1n) is 8.71. The molecule has 1 N–H and O–H groups in total. The molecule has 1 fully saturated rings. The van der Waals surface area contributed by atoms with E-state index in [-0.39, 0.29) is 18.1 Å². The number of nitrogens with one attached hydrogen (secondary N) is 1. The Morgan fingerprint density at radius 2 is 2.04 bits per heavy atom. The predicted molar refractivity (Wildman–Crippen MR) is 98.7 cm³/mol. The lowest BCUT2D eigenvalue weighted by Crippen LogP contribution is -2.41. The van der Waals surface area contributed by atoms with Crippen LogP contribution >= 0.6 is 0 Å². The molecule has 4 nitrogen and oxygen atoms in total. The number of ether oxygens (including phenoxy) is 1. The molecule has 0 bridgehead atoms. The van der Waals surface area contributed by atoms with Crippen LogP contribution in [0.5, 0.6) is 0 Å². The lowest BCUT2D eigenvalue weighted by atomic mass is 10.0. The zero-order valence-electron chi connectivity index (χ0n) is 14.3. The first-order chi connectivity index (χ1) is 12.3. The van der Waals surface area contributed by atoms with Gasteiger partial charge in [-0.05, 0) is 42.7 Å². The summed E-state index contributed by atoms with van der Waals surface area (Å²) in [6, 6.07) is 18.2. The van der Waals surface area contributed by atoms with Crippen molar-refractivity contribution in [3.8, 4) is 0 Å². The summed E-state index contributed by atoms with van der Waals surface area (Å²) in [5.41, 5.74) is 3.02. The van der Waals surface area contributed by atoms with E-state index >= 15 is 0 Å². The number of hydrogen-bond donors (Lipinski definition) is 1. The van der Waals surface area contributed by atoms with Crippen LogP contribution in [0.4, 0.5) is 0 Å². The Kier molecular flexibility index (Phi) is 4.28. The monoisotopic (exact) mass is 334 g/mol. The summed E-state index contributed by atoms with van der Waals surface area (Å²) < 4.78 is 5.67. The van der Waals surface area contributed by atoms with Gasteiger partial charge >= 0.3 is 0 Å². The van der Waals surface area contributed by atoms with Crippen LogP contribution in [0.25, 0.3) is 10.9 Å². The van der Waals surface area contributed by atoms with Crippen molar-refractivity contribution >= 4 is 16.8 Å².